The van der Waals surface area contributed by atoms with Crippen LogP contribution in [-0.2, 0) is 4.74 Å². The van der Waals surface area contributed by atoms with Crippen molar-refractivity contribution in [2.45, 2.75) is 13.8 Å². The van der Waals surface area contributed by atoms with E-state index in [1.54, 1.807) is 48.7 Å². The van der Waals surface area contributed by atoms with Crippen LogP contribution in [0.2, 0.25) is 0 Å². The molecule has 0 spiro atoms. The van der Waals surface area contributed by atoms with E-state index < -0.39 is 0 Å². The van der Waals surface area contributed by atoms with Crippen molar-refractivity contribution < 1.29 is 19.0 Å². The van der Waals surface area contributed by atoms with Gasteiger partial charge in [-0.15, -0.1) is 0 Å². The van der Waals surface area contributed by atoms with Crippen molar-refractivity contribution >= 4 is 32.6 Å². The average Bonchev–Trinajstić information content (AvgIpc) is 3.28. The topological polar surface area (TPSA) is 64.1 Å². The van der Waals surface area contributed by atoms with Crippen LogP contribution in [0.4, 0.5) is 5.13 Å². The Morgan fingerprint density at radius 2 is 1.88 bits per heavy atom. The summed E-state index contributed by atoms with van der Waals surface area (Å²) in [6, 6.07) is 9.55. The molecular weight excluding hydrogens is 426 g/mol. The number of rotatable bonds is 7. The van der Waals surface area contributed by atoms with E-state index in [1.807, 2.05) is 0 Å². The first-order valence-electron chi connectivity index (χ1n) is 10.7. The number of amides is 1. The maximum absolute atomic E-state index is 13.8. The van der Waals surface area contributed by atoms with Gasteiger partial charge in [-0.2, -0.15) is 0 Å². The molecule has 0 radical (unpaired) electrons. The maximum atomic E-state index is 13.8. The first-order valence-corrected chi connectivity index (χ1v) is 11.5. The zero-order valence-corrected chi connectivity index (χ0v) is 19.8. The van der Waals surface area contributed by atoms with Crippen molar-refractivity contribution in [1.82, 2.24) is 9.88 Å². The van der Waals surface area contributed by atoms with Crippen LogP contribution < -0.4 is 14.4 Å². The van der Waals surface area contributed by atoms with Crippen molar-refractivity contribution in [3.05, 3.63) is 47.0 Å². The van der Waals surface area contributed by atoms with Gasteiger partial charge in [-0.1, -0.05) is 29.5 Å². The quantitative estimate of drug-likeness (QED) is 0.538. The van der Waals surface area contributed by atoms with Crippen LogP contribution in [0.25, 0.3) is 10.2 Å². The molecule has 0 atom stereocenters. The summed E-state index contributed by atoms with van der Waals surface area (Å²) in [6.07, 6.45) is 0. The highest BCUT2D eigenvalue weighted by Crippen LogP contribution is 2.36. The number of thiazole rings is 1. The second-order valence-electron chi connectivity index (χ2n) is 7.83. The second kappa shape index (κ2) is 9.85. The molecule has 3 aromatic rings. The number of aryl methyl sites for hydroxylation is 2. The van der Waals surface area contributed by atoms with Gasteiger partial charge >= 0.3 is 0 Å². The Morgan fingerprint density at radius 1 is 1.12 bits per heavy atom. The van der Waals surface area contributed by atoms with Gasteiger partial charge in [0.05, 0.1) is 43.2 Å². The molecule has 0 aliphatic carbocycles. The number of aromatic nitrogens is 1. The minimum absolute atomic E-state index is 0.150. The lowest BCUT2D eigenvalue weighted by Crippen LogP contribution is -2.43. The Balaban J connectivity index is 1.73. The van der Waals surface area contributed by atoms with E-state index in [2.05, 4.69) is 30.9 Å². The fourth-order valence-electron chi connectivity index (χ4n) is 3.91. The molecule has 1 aliphatic heterocycles. The molecule has 0 N–H and O–H groups in total. The number of anilines is 1. The van der Waals surface area contributed by atoms with E-state index in [4.69, 9.17) is 19.2 Å². The molecule has 0 unspecified atom stereocenters. The third-order valence-electron chi connectivity index (χ3n) is 5.78. The van der Waals surface area contributed by atoms with Crippen molar-refractivity contribution in [2.24, 2.45) is 0 Å². The number of methoxy groups -OCH3 is 2. The van der Waals surface area contributed by atoms with Crippen LogP contribution in [0.1, 0.15) is 21.5 Å². The molecule has 1 aromatic heterocycles. The highest BCUT2D eigenvalue weighted by molar-refractivity contribution is 7.22. The zero-order valence-electron chi connectivity index (χ0n) is 19.0. The molecule has 0 saturated carbocycles. The Bertz CT molecular complexity index is 1070. The minimum Gasteiger partial charge on any atom is -0.493 e. The van der Waals surface area contributed by atoms with Gasteiger partial charge in [-0.3, -0.25) is 14.6 Å². The van der Waals surface area contributed by atoms with E-state index in [1.165, 1.54) is 0 Å². The lowest BCUT2D eigenvalue weighted by atomic mass is 10.1. The number of carbonyl (C=O) groups is 1. The molecule has 8 heteroatoms. The number of hydrogen-bond acceptors (Lipinski definition) is 7. The van der Waals surface area contributed by atoms with Crippen molar-refractivity contribution in [3.8, 4) is 11.5 Å². The van der Waals surface area contributed by atoms with Crippen LogP contribution in [0.15, 0.2) is 30.3 Å². The van der Waals surface area contributed by atoms with E-state index in [9.17, 15) is 4.79 Å². The van der Waals surface area contributed by atoms with Crippen LogP contribution in [-0.4, -0.2) is 69.4 Å². The van der Waals surface area contributed by atoms with Gasteiger partial charge < -0.3 is 14.2 Å². The highest BCUT2D eigenvalue weighted by Gasteiger charge is 2.27. The van der Waals surface area contributed by atoms with E-state index in [0.29, 0.717) is 28.7 Å². The van der Waals surface area contributed by atoms with E-state index in [-0.39, 0.29) is 5.91 Å². The number of fused-ring (bicyclic) bond motifs is 1. The fourth-order valence-corrected chi connectivity index (χ4v) is 5.05. The zero-order chi connectivity index (χ0) is 22.7. The van der Waals surface area contributed by atoms with E-state index in [0.717, 1.165) is 54.2 Å². The summed E-state index contributed by atoms with van der Waals surface area (Å²) in [6.45, 7) is 8.57. The summed E-state index contributed by atoms with van der Waals surface area (Å²) in [5.74, 6) is 0.815. The van der Waals surface area contributed by atoms with Gasteiger partial charge in [0.2, 0.25) is 0 Å². The van der Waals surface area contributed by atoms with Crippen molar-refractivity contribution in [2.75, 3.05) is 58.5 Å². The third-order valence-corrected chi connectivity index (χ3v) is 7.00. The van der Waals surface area contributed by atoms with Crippen LogP contribution >= 0.6 is 11.3 Å². The Morgan fingerprint density at radius 3 is 2.56 bits per heavy atom. The summed E-state index contributed by atoms with van der Waals surface area (Å²) < 4.78 is 17.5. The average molecular weight is 456 g/mol. The van der Waals surface area contributed by atoms with Gasteiger partial charge in [0.1, 0.15) is 0 Å². The molecule has 2 heterocycles. The van der Waals surface area contributed by atoms with Gasteiger partial charge in [-0.25, -0.2) is 4.98 Å². The molecule has 7 nitrogen and oxygen atoms in total. The second-order valence-corrected chi connectivity index (χ2v) is 8.80. The Hall–Kier alpha value is -2.68. The minimum atomic E-state index is -0.150. The molecule has 32 heavy (non-hydrogen) atoms. The summed E-state index contributed by atoms with van der Waals surface area (Å²) in [4.78, 5) is 22.8. The molecule has 1 amide bonds. The summed E-state index contributed by atoms with van der Waals surface area (Å²) in [7, 11) is 3.12. The molecule has 0 bridgehead atoms. The van der Waals surface area contributed by atoms with Crippen molar-refractivity contribution in [1.29, 1.82) is 0 Å². The SMILES string of the molecule is COc1cccc(C(=O)N(CCN2CCOCC2)c2nc3c(C)ccc(C)c3s2)c1OC. The summed E-state index contributed by atoms with van der Waals surface area (Å²) >= 11 is 1.56. The van der Waals surface area contributed by atoms with Gasteiger partial charge in [-0.05, 0) is 37.1 Å². The molecule has 2 aromatic carbocycles. The molecule has 1 saturated heterocycles. The third kappa shape index (κ3) is 4.44. The van der Waals surface area contributed by atoms with E-state index >= 15 is 0 Å². The first-order chi connectivity index (χ1) is 15.5. The summed E-state index contributed by atoms with van der Waals surface area (Å²) in [5, 5.41) is 0.695. The fraction of sp³-hybridized carbons (Fsp3) is 0.417. The first kappa shape index (κ1) is 22.5. The Kier molecular flexibility index (Phi) is 6.93. The number of nitrogens with zero attached hydrogens (tertiary/aromatic N) is 3. The largest absolute Gasteiger partial charge is 0.493 e. The molecule has 170 valence electrons. The number of carbonyl (C=O) groups excluding carboxylic acids is 1. The highest BCUT2D eigenvalue weighted by atomic mass is 32.1. The summed E-state index contributed by atoms with van der Waals surface area (Å²) in [5.41, 5.74) is 3.68. The van der Waals surface area contributed by atoms with Gasteiger partial charge in [0.15, 0.2) is 16.6 Å². The molecular formula is C24H29N3O4S. The van der Waals surface area contributed by atoms with Gasteiger partial charge in [0.25, 0.3) is 5.91 Å². The Labute approximate surface area is 192 Å². The van der Waals surface area contributed by atoms with Crippen LogP contribution in [0.3, 0.4) is 0 Å². The predicted octanol–water partition coefficient (Wildman–Crippen LogP) is 3.91. The van der Waals surface area contributed by atoms with Crippen molar-refractivity contribution in [3.63, 3.8) is 0 Å². The van der Waals surface area contributed by atoms with Crippen LogP contribution in [0, 0.1) is 13.8 Å². The predicted molar refractivity (Wildman–Crippen MR) is 128 cm³/mol. The maximum Gasteiger partial charge on any atom is 0.264 e. The lowest BCUT2D eigenvalue weighted by molar-refractivity contribution is 0.0391. The van der Waals surface area contributed by atoms with Gasteiger partial charge in [0, 0.05) is 26.2 Å². The molecule has 4 rings (SSSR count). The smallest absolute Gasteiger partial charge is 0.264 e. The van der Waals surface area contributed by atoms with Crippen LogP contribution in [0.5, 0.6) is 11.5 Å². The molecule has 1 aliphatic rings. The standard InChI is InChI=1S/C24H29N3O4S/c1-16-8-9-17(2)22-20(16)25-24(32-22)27(11-10-26-12-14-31-15-13-26)23(28)18-6-5-7-19(29-3)21(18)30-4/h5-9H,10-15H2,1-4H3. The number of benzene rings is 2. The molecule has 1 fully saturated rings. The monoisotopic (exact) mass is 455 g/mol. The lowest BCUT2D eigenvalue weighted by Gasteiger charge is -2.29. The number of ether oxygens (including phenoxy) is 3. The number of morpholine rings is 1. The number of hydrogen-bond donors (Lipinski definition) is 0. The number of para-hydroxylation sites is 1. The normalized spacial score (nSPS) is 14.5.